The highest BCUT2D eigenvalue weighted by atomic mass is 35.5. The fourth-order valence-electron chi connectivity index (χ4n) is 2.52. The van der Waals surface area contributed by atoms with Gasteiger partial charge in [-0.2, -0.15) is 0 Å². The number of rotatable bonds is 7. The maximum atomic E-state index is 12.7. The summed E-state index contributed by atoms with van der Waals surface area (Å²) in [6.45, 7) is 6.36. The minimum Gasteiger partial charge on any atom is -0.376 e. The summed E-state index contributed by atoms with van der Waals surface area (Å²) in [6, 6.07) is 1.11. The first-order chi connectivity index (χ1) is 10.7. The van der Waals surface area contributed by atoms with Crippen LogP contribution in [-0.2, 0) is 24.6 Å². The lowest BCUT2D eigenvalue weighted by Gasteiger charge is -2.29. The molecule has 0 aromatic carbocycles. The Hall–Kier alpha value is -0.490. The first-order valence-electron chi connectivity index (χ1n) is 7.04. The Bertz CT molecular complexity index is 789. The van der Waals surface area contributed by atoms with Gasteiger partial charge in [0.25, 0.3) is 0 Å². The summed E-state index contributed by atoms with van der Waals surface area (Å²) in [7, 11) is -7.60. The minimum atomic E-state index is -3.94. The third-order valence-electron chi connectivity index (χ3n) is 3.54. The predicted octanol–water partition coefficient (Wildman–Crippen LogP) is 1.22. The Morgan fingerprint density at radius 1 is 1.54 bits per heavy atom. The second-order valence-corrected chi connectivity index (χ2v) is 10.5. The van der Waals surface area contributed by atoms with Crippen molar-refractivity contribution in [2.75, 3.05) is 19.8 Å². The molecule has 2 rings (SSSR count). The lowest BCUT2D eigenvalue weighted by molar-refractivity contribution is 0.155. The Kier molecular flexibility index (Phi) is 7.42. The fourth-order valence-corrected chi connectivity index (χ4v) is 7.07. The van der Waals surface area contributed by atoms with Crippen LogP contribution in [0.25, 0.3) is 0 Å². The molecule has 0 bridgehead atoms. The van der Waals surface area contributed by atoms with Gasteiger partial charge in [-0.25, -0.2) is 22.0 Å². The van der Waals surface area contributed by atoms with Crippen LogP contribution in [-0.4, -0.2) is 41.8 Å². The zero-order valence-corrected chi connectivity index (χ0v) is 16.4. The van der Waals surface area contributed by atoms with Gasteiger partial charge in [0.2, 0.25) is 10.0 Å². The van der Waals surface area contributed by atoms with Crippen LogP contribution in [0.4, 0.5) is 0 Å². The van der Waals surface area contributed by atoms with Gasteiger partial charge in [-0.3, -0.25) is 0 Å². The van der Waals surface area contributed by atoms with E-state index in [1.54, 1.807) is 6.08 Å². The molecule has 0 fully saturated rings. The highest BCUT2D eigenvalue weighted by molar-refractivity contribution is 7.95. The third kappa shape index (κ3) is 4.37. The number of hydrogen-bond donors (Lipinski definition) is 2. The van der Waals surface area contributed by atoms with Crippen molar-refractivity contribution in [3.8, 4) is 0 Å². The van der Waals surface area contributed by atoms with E-state index in [2.05, 4.69) is 11.9 Å². The van der Waals surface area contributed by atoms with E-state index in [1.165, 1.54) is 6.07 Å². The first kappa shape index (κ1) is 21.6. The number of nitrogens with two attached hydrogens (primary N) is 1. The van der Waals surface area contributed by atoms with Crippen LogP contribution >= 0.6 is 23.7 Å². The number of thiophene rings is 1. The maximum Gasteiger partial charge on any atom is 0.247 e. The Morgan fingerprint density at radius 3 is 2.75 bits per heavy atom. The predicted molar refractivity (Wildman–Crippen MR) is 96.0 cm³/mol. The molecule has 0 saturated carbocycles. The minimum absolute atomic E-state index is 0. The summed E-state index contributed by atoms with van der Waals surface area (Å²) in [4.78, 5) is 0. The van der Waals surface area contributed by atoms with E-state index in [0.29, 0.717) is 29.9 Å². The number of hydrogen-bond acceptors (Lipinski definition) is 7. The van der Waals surface area contributed by atoms with Crippen molar-refractivity contribution in [2.24, 2.45) is 5.14 Å². The molecule has 138 valence electrons. The van der Waals surface area contributed by atoms with Gasteiger partial charge in [0.1, 0.15) is 8.42 Å². The second kappa shape index (κ2) is 8.26. The average Bonchev–Trinajstić information content (AvgIpc) is 2.90. The van der Waals surface area contributed by atoms with Gasteiger partial charge in [-0.05, 0) is 19.0 Å². The molecular weight excluding hydrogens is 396 g/mol. The van der Waals surface area contributed by atoms with E-state index < -0.39 is 25.1 Å². The topological polar surface area (TPSA) is 116 Å². The smallest absolute Gasteiger partial charge is 0.247 e. The van der Waals surface area contributed by atoms with Gasteiger partial charge in [0.15, 0.2) is 9.84 Å². The van der Waals surface area contributed by atoms with Gasteiger partial charge < -0.3 is 10.1 Å². The molecule has 0 amide bonds. The van der Waals surface area contributed by atoms with Crippen molar-refractivity contribution >= 4 is 43.6 Å². The molecule has 2 unspecified atom stereocenters. The lowest BCUT2D eigenvalue weighted by Crippen LogP contribution is -2.37. The molecule has 11 heteroatoms. The molecule has 2 heterocycles. The molecule has 2 atom stereocenters. The van der Waals surface area contributed by atoms with Gasteiger partial charge in [-0.1, -0.05) is 13.0 Å². The third-order valence-corrected chi connectivity index (χ3v) is 8.82. The highest BCUT2D eigenvalue weighted by Crippen LogP contribution is 2.42. The average molecular weight is 417 g/mol. The van der Waals surface area contributed by atoms with Crippen LogP contribution in [0.3, 0.4) is 0 Å². The second-order valence-electron chi connectivity index (χ2n) is 5.19. The van der Waals surface area contributed by atoms with E-state index in [4.69, 9.17) is 9.88 Å². The van der Waals surface area contributed by atoms with Crippen molar-refractivity contribution in [1.29, 1.82) is 0 Å². The number of primary sulfonamides is 1. The van der Waals surface area contributed by atoms with E-state index in [1.807, 2.05) is 6.92 Å². The molecule has 24 heavy (non-hydrogen) atoms. The van der Waals surface area contributed by atoms with Crippen LogP contribution < -0.4 is 10.5 Å². The van der Waals surface area contributed by atoms with E-state index in [-0.39, 0.29) is 40.1 Å². The molecule has 3 N–H and O–H groups in total. The van der Waals surface area contributed by atoms with E-state index in [0.717, 1.165) is 0 Å². The van der Waals surface area contributed by atoms with Crippen molar-refractivity contribution < 1.29 is 21.6 Å². The summed E-state index contributed by atoms with van der Waals surface area (Å²) in [5.74, 6) is 0. The van der Waals surface area contributed by atoms with Crippen LogP contribution in [0, 0.1) is 0 Å². The van der Waals surface area contributed by atoms with Gasteiger partial charge >= 0.3 is 0 Å². The van der Waals surface area contributed by atoms with E-state index >= 15 is 0 Å². The molecule has 0 saturated heterocycles. The SMILES string of the molecule is C=CCOCC1CC(NCC)c2cc(S(N)(=O)=O)sc2S1(=O)=O.Cl. The van der Waals surface area contributed by atoms with Crippen LogP contribution in [0.15, 0.2) is 27.1 Å². The summed E-state index contributed by atoms with van der Waals surface area (Å²) in [5.41, 5.74) is 0.473. The normalized spacial score (nSPS) is 22.4. The molecule has 1 aromatic heterocycles. The standard InChI is InChI=1S/C13H20N2O5S3.ClH/c1-3-5-20-8-9-6-11(15-4-2)10-7-12(23(14,18)19)21-13(10)22(9,16)17;/h3,7,9,11,15H,1,4-6,8H2,2H3,(H2,14,18,19);1H. The number of fused-ring (bicyclic) bond motifs is 1. The Labute approximate surface area is 152 Å². The molecule has 7 nitrogen and oxygen atoms in total. The maximum absolute atomic E-state index is 12.7. The first-order valence-corrected chi connectivity index (χ1v) is 10.9. The van der Waals surface area contributed by atoms with Gasteiger partial charge in [-0.15, -0.1) is 30.3 Å². The number of halogens is 1. The highest BCUT2D eigenvalue weighted by Gasteiger charge is 2.41. The largest absolute Gasteiger partial charge is 0.376 e. The lowest BCUT2D eigenvalue weighted by atomic mass is 10.0. The summed E-state index contributed by atoms with van der Waals surface area (Å²) < 4.78 is 53.8. The van der Waals surface area contributed by atoms with E-state index in [9.17, 15) is 16.8 Å². The van der Waals surface area contributed by atoms with Crippen molar-refractivity contribution in [2.45, 2.75) is 33.1 Å². The van der Waals surface area contributed by atoms with Gasteiger partial charge in [0.05, 0.1) is 18.5 Å². The number of nitrogens with one attached hydrogen (secondary N) is 1. The molecule has 0 spiro atoms. The molecule has 1 aromatic rings. The Balaban J connectivity index is 0.00000288. The van der Waals surface area contributed by atoms with Crippen molar-refractivity contribution in [3.63, 3.8) is 0 Å². The quantitative estimate of drug-likeness (QED) is 0.510. The molecule has 1 aliphatic heterocycles. The van der Waals surface area contributed by atoms with Gasteiger partial charge in [0, 0.05) is 11.6 Å². The number of ether oxygens (including phenoxy) is 1. The zero-order valence-electron chi connectivity index (χ0n) is 13.1. The van der Waals surface area contributed by atoms with Crippen molar-refractivity contribution in [3.05, 3.63) is 24.3 Å². The van der Waals surface area contributed by atoms with Crippen molar-refractivity contribution in [1.82, 2.24) is 5.32 Å². The monoisotopic (exact) mass is 416 g/mol. The molecular formula is C13H21ClN2O5S3. The molecule has 0 radical (unpaired) electrons. The number of sulfonamides is 1. The summed E-state index contributed by atoms with van der Waals surface area (Å²) in [5, 5.41) is 7.61. The number of sulfone groups is 1. The fraction of sp³-hybridized carbons (Fsp3) is 0.538. The molecule has 1 aliphatic rings. The Morgan fingerprint density at radius 2 is 2.21 bits per heavy atom. The van der Waals surface area contributed by atoms with Crippen LogP contribution in [0.1, 0.15) is 24.9 Å². The summed E-state index contributed by atoms with van der Waals surface area (Å²) >= 11 is 0.705. The molecule has 0 aliphatic carbocycles. The van der Waals surface area contributed by atoms with Crippen LogP contribution in [0.5, 0.6) is 0 Å². The van der Waals surface area contributed by atoms with Crippen LogP contribution in [0.2, 0.25) is 0 Å². The summed E-state index contributed by atoms with van der Waals surface area (Å²) in [6.07, 6.45) is 1.87. The zero-order chi connectivity index (χ0) is 17.3.